The Bertz CT molecular complexity index is 834. The predicted octanol–water partition coefficient (Wildman–Crippen LogP) is 1.12. The van der Waals surface area contributed by atoms with Crippen molar-refractivity contribution in [3.05, 3.63) is 24.3 Å². The van der Waals surface area contributed by atoms with Crippen LogP contribution >= 0.6 is 0 Å². The van der Waals surface area contributed by atoms with Crippen LogP contribution in [0.5, 0.6) is 0 Å². The van der Waals surface area contributed by atoms with Gasteiger partial charge in [0.25, 0.3) is 5.91 Å². The molecular weight excluding hydrogens is 372 g/mol. The molecule has 8 nitrogen and oxygen atoms in total. The summed E-state index contributed by atoms with van der Waals surface area (Å²) in [5.41, 5.74) is 1.32. The van der Waals surface area contributed by atoms with Gasteiger partial charge in [-0.3, -0.25) is 14.4 Å². The number of benzene rings is 1. The lowest BCUT2D eigenvalue weighted by Gasteiger charge is -2.16. The molecule has 0 spiro atoms. The summed E-state index contributed by atoms with van der Waals surface area (Å²) in [5.74, 6) is -1.09. The van der Waals surface area contributed by atoms with Gasteiger partial charge in [-0.15, -0.1) is 0 Å². The maximum absolute atomic E-state index is 11.9. The maximum Gasteiger partial charge on any atom is 0.306 e. The Morgan fingerprint density at radius 2 is 1.96 bits per heavy atom. The Kier molecular flexibility index (Phi) is 5.79. The van der Waals surface area contributed by atoms with Crippen LogP contribution in [0.1, 0.15) is 25.7 Å². The van der Waals surface area contributed by atoms with Gasteiger partial charge in [0.05, 0.1) is 11.5 Å². The first-order valence-corrected chi connectivity index (χ1v) is 10.7. The minimum Gasteiger partial charge on any atom is -0.456 e. The van der Waals surface area contributed by atoms with E-state index in [-0.39, 0.29) is 29.8 Å². The number of carbonyl (C=O) groups excluding carboxylic acids is 3. The molecule has 1 N–H and O–H groups in total. The Balaban J connectivity index is 1.42. The number of amides is 2. The fourth-order valence-electron chi connectivity index (χ4n) is 3.32. The first-order valence-electron chi connectivity index (χ1n) is 8.89. The van der Waals surface area contributed by atoms with Crippen LogP contribution in [-0.4, -0.2) is 50.9 Å². The topological polar surface area (TPSA) is 110 Å². The molecular formula is C18H22N2O6S. The minimum absolute atomic E-state index is 0.000164. The molecule has 3 rings (SSSR count). The number of hydrogen-bond donors (Lipinski definition) is 1. The summed E-state index contributed by atoms with van der Waals surface area (Å²) in [7, 11) is -3.04. The van der Waals surface area contributed by atoms with Gasteiger partial charge in [0.2, 0.25) is 5.91 Å². The van der Waals surface area contributed by atoms with Gasteiger partial charge in [-0.1, -0.05) is 0 Å². The first kappa shape index (κ1) is 19.3. The normalized spacial score (nSPS) is 21.3. The van der Waals surface area contributed by atoms with Gasteiger partial charge in [-0.2, -0.15) is 0 Å². The fraction of sp³-hybridized carbons (Fsp3) is 0.500. The zero-order valence-corrected chi connectivity index (χ0v) is 15.7. The summed E-state index contributed by atoms with van der Waals surface area (Å²) in [6.07, 6.45) is 1.85. The van der Waals surface area contributed by atoms with Crippen molar-refractivity contribution in [2.75, 3.05) is 34.9 Å². The number of rotatable bonds is 6. The van der Waals surface area contributed by atoms with Crippen molar-refractivity contribution < 1.29 is 27.5 Å². The van der Waals surface area contributed by atoms with Gasteiger partial charge in [0.15, 0.2) is 16.4 Å². The number of nitrogens with zero attached hydrogens (tertiary/aromatic N) is 1. The highest BCUT2D eigenvalue weighted by atomic mass is 32.2. The lowest BCUT2D eigenvalue weighted by molar-refractivity contribution is -0.148. The average molecular weight is 394 g/mol. The van der Waals surface area contributed by atoms with Crippen molar-refractivity contribution >= 4 is 39.0 Å². The molecule has 2 saturated heterocycles. The van der Waals surface area contributed by atoms with E-state index in [0.29, 0.717) is 25.1 Å². The minimum atomic E-state index is -3.04. The Hall–Kier alpha value is -2.42. The molecule has 0 unspecified atom stereocenters. The van der Waals surface area contributed by atoms with Gasteiger partial charge in [0, 0.05) is 30.8 Å². The number of hydrogen-bond acceptors (Lipinski definition) is 6. The van der Waals surface area contributed by atoms with Crippen LogP contribution in [0.4, 0.5) is 11.4 Å². The van der Waals surface area contributed by atoms with E-state index in [4.69, 9.17) is 4.74 Å². The quantitative estimate of drug-likeness (QED) is 0.724. The summed E-state index contributed by atoms with van der Waals surface area (Å²) in [6.45, 7) is 0.271. The standard InChI is InChI=1S/C18H22N2O6S/c21-16(11-26-18(23)10-13-7-9-27(24,25)12-13)19-14-3-5-15(6-4-14)20-8-1-2-17(20)22/h3-6,13H,1-2,7-12H2,(H,19,21)/t13-/m0/s1. The lowest BCUT2D eigenvalue weighted by atomic mass is 10.1. The van der Waals surface area contributed by atoms with Crippen LogP contribution < -0.4 is 10.2 Å². The zero-order valence-electron chi connectivity index (χ0n) is 14.8. The largest absolute Gasteiger partial charge is 0.456 e. The van der Waals surface area contributed by atoms with Crippen LogP contribution in [0.3, 0.4) is 0 Å². The molecule has 9 heteroatoms. The molecule has 2 aliphatic rings. The molecule has 2 fully saturated rings. The molecule has 1 aromatic rings. The summed E-state index contributed by atoms with van der Waals surface area (Å²) in [4.78, 5) is 37.1. The highest BCUT2D eigenvalue weighted by Gasteiger charge is 2.30. The number of esters is 1. The van der Waals surface area contributed by atoms with E-state index in [1.165, 1.54) is 0 Å². The SMILES string of the molecule is O=C(COC(=O)C[C@@H]1CCS(=O)(=O)C1)Nc1ccc(N2CCCC2=O)cc1. The molecule has 0 aliphatic carbocycles. The molecule has 2 heterocycles. The van der Waals surface area contributed by atoms with Crippen LogP contribution in [0.2, 0.25) is 0 Å². The molecule has 146 valence electrons. The molecule has 2 amide bonds. The van der Waals surface area contributed by atoms with E-state index in [0.717, 1.165) is 12.1 Å². The third-order valence-electron chi connectivity index (χ3n) is 4.68. The number of nitrogens with one attached hydrogen (secondary N) is 1. The second-order valence-electron chi connectivity index (χ2n) is 6.88. The average Bonchev–Trinajstić information content (AvgIpc) is 3.19. The van der Waals surface area contributed by atoms with Gasteiger partial charge in [-0.05, 0) is 43.0 Å². The highest BCUT2D eigenvalue weighted by molar-refractivity contribution is 7.91. The van der Waals surface area contributed by atoms with E-state index >= 15 is 0 Å². The second-order valence-corrected chi connectivity index (χ2v) is 9.11. The Morgan fingerprint density at radius 3 is 2.56 bits per heavy atom. The predicted molar refractivity (Wildman–Crippen MR) is 99.0 cm³/mol. The first-order chi connectivity index (χ1) is 12.8. The molecule has 1 atom stereocenters. The van der Waals surface area contributed by atoms with Gasteiger partial charge in [-0.25, -0.2) is 8.42 Å². The number of anilines is 2. The van der Waals surface area contributed by atoms with Crippen LogP contribution in [0, 0.1) is 5.92 Å². The van der Waals surface area contributed by atoms with Crippen molar-refractivity contribution in [2.24, 2.45) is 5.92 Å². The second kappa shape index (κ2) is 8.08. The Morgan fingerprint density at radius 1 is 1.22 bits per heavy atom. The molecule has 2 aliphatic heterocycles. The van der Waals surface area contributed by atoms with E-state index in [2.05, 4.69) is 5.32 Å². The number of sulfone groups is 1. The maximum atomic E-state index is 11.9. The lowest BCUT2D eigenvalue weighted by Crippen LogP contribution is -2.24. The number of carbonyl (C=O) groups is 3. The van der Waals surface area contributed by atoms with Crippen molar-refractivity contribution in [1.29, 1.82) is 0 Å². The monoisotopic (exact) mass is 394 g/mol. The van der Waals surface area contributed by atoms with Crippen molar-refractivity contribution in [3.63, 3.8) is 0 Å². The third-order valence-corrected chi connectivity index (χ3v) is 6.52. The van der Waals surface area contributed by atoms with Gasteiger partial charge < -0.3 is 15.0 Å². The van der Waals surface area contributed by atoms with Gasteiger partial charge >= 0.3 is 5.97 Å². The summed E-state index contributed by atoms with van der Waals surface area (Å²) < 4.78 is 27.7. The number of ether oxygens (including phenoxy) is 1. The van der Waals surface area contributed by atoms with Crippen LogP contribution in [0.25, 0.3) is 0 Å². The van der Waals surface area contributed by atoms with Crippen LogP contribution in [0.15, 0.2) is 24.3 Å². The van der Waals surface area contributed by atoms with Crippen molar-refractivity contribution in [1.82, 2.24) is 0 Å². The molecule has 0 radical (unpaired) electrons. The highest BCUT2D eigenvalue weighted by Crippen LogP contribution is 2.23. The van der Waals surface area contributed by atoms with E-state index in [9.17, 15) is 22.8 Å². The van der Waals surface area contributed by atoms with Crippen molar-refractivity contribution in [2.45, 2.75) is 25.7 Å². The van der Waals surface area contributed by atoms with E-state index in [1.54, 1.807) is 29.2 Å². The fourth-order valence-corrected chi connectivity index (χ4v) is 5.18. The molecule has 0 aromatic heterocycles. The van der Waals surface area contributed by atoms with Crippen LogP contribution in [-0.2, 0) is 29.0 Å². The molecule has 0 bridgehead atoms. The summed E-state index contributed by atoms with van der Waals surface area (Å²) in [5, 5.41) is 2.62. The summed E-state index contributed by atoms with van der Waals surface area (Å²) in [6, 6.07) is 6.88. The van der Waals surface area contributed by atoms with E-state index in [1.807, 2.05) is 0 Å². The smallest absolute Gasteiger partial charge is 0.306 e. The molecule has 0 saturated carbocycles. The summed E-state index contributed by atoms with van der Waals surface area (Å²) >= 11 is 0. The zero-order chi connectivity index (χ0) is 19.4. The van der Waals surface area contributed by atoms with Crippen molar-refractivity contribution in [3.8, 4) is 0 Å². The van der Waals surface area contributed by atoms with Gasteiger partial charge in [0.1, 0.15) is 0 Å². The Labute approximate surface area is 157 Å². The third kappa shape index (κ3) is 5.29. The van der Waals surface area contributed by atoms with E-state index < -0.39 is 28.3 Å². The molecule has 1 aromatic carbocycles. The molecule has 27 heavy (non-hydrogen) atoms.